The lowest BCUT2D eigenvalue weighted by atomic mass is 9.66. The normalized spacial score (nSPS) is 28.7. The maximum Gasteiger partial charge on any atom is 0.236 e. The molecule has 0 aromatic heterocycles. The predicted octanol–water partition coefficient (Wildman–Crippen LogP) is 4.25. The minimum absolute atomic E-state index is 0. The van der Waals surface area contributed by atoms with E-state index in [0.29, 0.717) is 6.54 Å². The highest BCUT2D eigenvalue weighted by molar-refractivity contribution is 5.85. The Morgan fingerprint density at radius 1 is 1.03 bits per heavy atom. The lowest BCUT2D eigenvalue weighted by Gasteiger charge is -2.52. The van der Waals surface area contributed by atoms with Crippen molar-refractivity contribution in [2.24, 2.45) is 5.92 Å². The second-order valence-electron chi connectivity index (χ2n) is 9.47. The van der Waals surface area contributed by atoms with Gasteiger partial charge >= 0.3 is 0 Å². The molecule has 1 amide bonds. The standard InChI is InChI=1S/C25H39N3O2.ClH/c1-3-26(4-2)21-12-10-20(11-13-21)24-22-9-5-6-14-25(22,30)15-18-28(24)19-23(29)27-16-7-8-17-27;/h10-13,22,24,30H,3-9,14-19H2,1-2H3;1H/t22?,24-,25?;/m0./s1. The first-order chi connectivity index (χ1) is 14.6. The van der Waals surface area contributed by atoms with Gasteiger partial charge in [0.1, 0.15) is 0 Å². The van der Waals surface area contributed by atoms with Crippen LogP contribution in [0, 0.1) is 5.92 Å². The fraction of sp³-hybridized carbons (Fsp3) is 0.720. The topological polar surface area (TPSA) is 47.0 Å². The van der Waals surface area contributed by atoms with Crippen LogP contribution in [0.5, 0.6) is 0 Å². The number of likely N-dealkylation sites (tertiary alicyclic amines) is 2. The summed E-state index contributed by atoms with van der Waals surface area (Å²) >= 11 is 0. The van der Waals surface area contributed by atoms with Crippen molar-refractivity contribution in [1.82, 2.24) is 9.80 Å². The lowest BCUT2D eigenvalue weighted by Crippen LogP contribution is -2.56. The molecule has 2 unspecified atom stereocenters. The molecule has 2 aliphatic heterocycles. The van der Waals surface area contributed by atoms with Gasteiger partial charge in [-0.2, -0.15) is 0 Å². The van der Waals surface area contributed by atoms with Gasteiger partial charge in [-0.1, -0.05) is 25.0 Å². The molecular weight excluding hydrogens is 410 g/mol. The molecule has 1 aromatic carbocycles. The first kappa shape index (κ1) is 24.3. The molecule has 0 spiro atoms. The number of carbonyl (C=O) groups is 1. The molecule has 6 heteroatoms. The first-order valence-corrected chi connectivity index (χ1v) is 12.1. The fourth-order valence-corrected chi connectivity index (χ4v) is 6.07. The van der Waals surface area contributed by atoms with Crippen molar-refractivity contribution in [1.29, 1.82) is 0 Å². The van der Waals surface area contributed by atoms with Crippen molar-refractivity contribution in [2.75, 3.05) is 44.2 Å². The summed E-state index contributed by atoms with van der Waals surface area (Å²) in [5.41, 5.74) is 1.93. The van der Waals surface area contributed by atoms with E-state index < -0.39 is 5.60 Å². The zero-order chi connectivity index (χ0) is 21.1. The van der Waals surface area contributed by atoms with Gasteiger partial charge in [-0.25, -0.2) is 0 Å². The maximum absolute atomic E-state index is 13.0. The zero-order valence-electron chi connectivity index (χ0n) is 19.3. The van der Waals surface area contributed by atoms with Gasteiger partial charge in [-0.15, -0.1) is 12.4 Å². The van der Waals surface area contributed by atoms with Crippen molar-refractivity contribution in [3.63, 3.8) is 0 Å². The van der Waals surface area contributed by atoms with Crippen molar-refractivity contribution < 1.29 is 9.90 Å². The summed E-state index contributed by atoms with van der Waals surface area (Å²) in [6.07, 6.45) is 7.29. The number of piperidine rings is 1. The highest BCUT2D eigenvalue weighted by Crippen LogP contribution is 2.49. The van der Waals surface area contributed by atoms with Crippen molar-refractivity contribution >= 4 is 24.0 Å². The number of rotatable bonds is 6. The summed E-state index contributed by atoms with van der Waals surface area (Å²) in [7, 11) is 0. The van der Waals surface area contributed by atoms with Crippen LogP contribution in [-0.2, 0) is 4.79 Å². The molecule has 4 rings (SSSR count). The first-order valence-electron chi connectivity index (χ1n) is 12.1. The molecule has 2 heterocycles. The Hall–Kier alpha value is -1.30. The number of benzene rings is 1. The molecule has 174 valence electrons. The van der Waals surface area contributed by atoms with Crippen LogP contribution in [0.1, 0.15) is 70.4 Å². The molecule has 1 aliphatic carbocycles. The van der Waals surface area contributed by atoms with E-state index in [4.69, 9.17) is 0 Å². The van der Waals surface area contributed by atoms with Crippen LogP contribution in [0.25, 0.3) is 0 Å². The number of fused-ring (bicyclic) bond motifs is 1. The quantitative estimate of drug-likeness (QED) is 0.705. The van der Waals surface area contributed by atoms with Crippen LogP contribution < -0.4 is 4.90 Å². The van der Waals surface area contributed by atoms with Crippen LogP contribution in [0.15, 0.2) is 24.3 Å². The van der Waals surface area contributed by atoms with E-state index in [0.717, 1.165) is 71.2 Å². The van der Waals surface area contributed by atoms with E-state index in [1.807, 2.05) is 4.90 Å². The molecule has 1 N–H and O–H groups in total. The van der Waals surface area contributed by atoms with Crippen LogP contribution >= 0.6 is 12.4 Å². The van der Waals surface area contributed by atoms with Gasteiger partial charge in [0.05, 0.1) is 12.1 Å². The van der Waals surface area contributed by atoms with Gasteiger partial charge in [0.25, 0.3) is 0 Å². The summed E-state index contributed by atoms with van der Waals surface area (Å²) in [5, 5.41) is 11.5. The third kappa shape index (κ3) is 5.04. The molecule has 5 nitrogen and oxygen atoms in total. The number of halogens is 1. The molecular formula is C25H40ClN3O2. The monoisotopic (exact) mass is 449 g/mol. The van der Waals surface area contributed by atoms with Crippen molar-refractivity contribution in [2.45, 2.75) is 70.4 Å². The number of carbonyl (C=O) groups excluding carboxylic acids is 1. The van der Waals surface area contributed by atoms with Crippen LogP contribution in [0.2, 0.25) is 0 Å². The largest absolute Gasteiger partial charge is 0.389 e. The Balaban J connectivity index is 0.00000272. The summed E-state index contributed by atoms with van der Waals surface area (Å²) in [5.74, 6) is 0.476. The summed E-state index contributed by atoms with van der Waals surface area (Å²) in [6, 6.07) is 9.05. The van der Waals surface area contributed by atoms with E-state index in [-0.39, 0.29) is 30.3 Å². The maximum atomic E-state index is 13.0. The predicted molar refractivity (Wildman–Crippen MR) is 129 cm³/mol. The molecule has 3 aliphatic rings. The second-order valence-corrected chi connectivity index (χ2v) is 9.47. The van der Waals surface area contributed by atoms with Gasteiger partial charge < -0.3 is 14.9 Å². The third-order valence-corrected chi connectivity index (χ3v) is 7.83. The van der Waals surface area contributed by atoms with Gasteiger partial charge in [-0.3, -0.25) is 9.69 Å². The van der Waals surface area contributed by atoms with Crippen LogP contribution in [-0.4, -0.2) is 65.7 Å². The second kappa shape index (κ2) is 10.5. The van der Waals surface area contributed by atoms with E-state index >= 15 is 0 Å². The molecule has 31 heavy (non-hydrogen) atoms. The Bertz CT molecular complexity index is 718. The number of aliphatic hydroxyl groups is 1. The van der Waals surface area contributed by atoms with Crippen molar-refractivity contribution in [3.05, 3.63) is 29.8 Å². The van der Waals surface area contributed by atoms with Crippen LogP contribution in [0.4, 0.5) is 5.69 Å². The SMILES string of the molecule is CCN(CC)c1ccc([C@H]2C3CCCCC3(O)CCN2CC(=O)N2CCCC2)cc1.Cl. The molecule has 0 radical (unpaired) electrons. The fourth-order valence-electron chi connectivity index (χ4n) is 6.07. The molecule has 3 fully saturated rings. The van der Waals surface area contributed by atoms with Crippen LogP contribution in [0.3, 0.4) is 0 Å². The van der Waals surface area contributed by atoms with Gasteiger partial charge in [0, 0.05) is 50.4 Å². The summed E-state index contributed by atoms with van der Waals surface area (Å²) in [6.45, 7) is 9.46. The highest BCUT2D eigenvalue weighted by atomic mass is 35.5. The number of amides is 1. The molecule has 1 saturated carbocycles. The average Bonchev–Trinajstić information content (AvgIpc) is 3.30. The highest BCUT2D eigenvalue weighted by Gasteiger charge is 2.49. The van der Waals surface area contributed by atoms with E-state index in [1.54, 1.807) is 0 Å². The Kier molecular flexibility index (Phi) is 8.28. The Labute approximate surface area is 194 Å². The lowest BCUT2D eigenvalue weighted by molar-refractivity contribution is -0.144. The number of hydrogen-bond donors (Lipinski definition) is 1. The van der Waals surface area contributed by atoms with Gasteiger partial charge in [-0.05, 0) is 63.6 Å². The Morgan fingerprint density at radius 3 is 2.35 bits per heavy atom. The summed E-state index contributed by atoms with van der Waals surface area (Å²) < 4.78 is 0. The molecule has 2 saturated heterocycles. The van der Waals surface area contributed by atoms with Gasteiger partial charge in [0.2, 0.25) is 5.91 Å². The zero-order valence-corrected chi connectivity index (χ0v) is 20.1. The number of hydrogen-bond acceptors (Lipinski definition) is 4. The Morgan fingerprint density at radius 2 is 1.71 bits per heavy atom. The minimum atomic E-state index is -0.576. The van der Waals surface area contributed by atoms with E-state index in [9.17, 15) is 9.90 Å². The van der Waals surface area contributed by atoms with Gasteiger partial charge in [0.15, 0.2) is 0 Å². The molecule has 1 aromatic rings. The molecule has 3 atom stereocenters. The third-order valence-electron chi connectivity index (χ3n) is 7.83. The van der Waals surface area contributed by atoms with Crippen molar-refractivity contribution in [3.8, 4) is 0 Å². The average molecular weight is 450 g/mol. The number of anilines is 1. The number of nitrogens with zero attached hydrogens (tertiary/aromatic N) is 3. The molecule has 0 bridgehead atoms. The summed E-state index contributed by atoms with van der Waals surface area (Å²) in [4.78, 5) is 19.7. The van der Waals surface area contributed by atoms with E-state index in [2.05, 4.69) is 47.9 Å². The minimum Gasteiger partial charge on any atom is -0.389 e. The smallest absolute Gasteiger partial charge is 0.236 e. The van der Waals surface area contributed by atoms with E-state index in [1.165, 1.54) is 17.7 Å².